The third-order valence-electron chi connectivity index (χ3n) is 3.32. The van der Waals surface area contributed by atoms with Crippen molar-refractivity contribution in [2.24, 2.45) is 0 Å². The molecule has 1 aliphatic heterocycles. The summed E-state index contributed by atoms with van der Waals surface area (Å²) in [5.74, 6) is 5.62. The molecule has 0 aromatic heterocycles. The van der Waals surface area contributed by atoms with Crippen molar-refractivity contribution < 1.29 is 9.90 Å². The highest BCUT2D eigenvalue weighted by molar-refractivity contribution is 5.73. The minimum Gasteiger partial charge on any atom is -0.384 e. The molecule has 1 heterocycles. The van der Waals surface area contributed by atoms with Crippen molar-refractivity contribution in [1.82, 2.24) is 10.2 Å². The first-order valence-electron chi connectivity index (χ1n) is 6.85. The number of likely N-dealkylation sites (tertiary alicyclic amines) is 1. The molecule has 0 aliphatic carbocycles. The molecule has 20 heavy (non-hydrogen) atoms. The van der Waals surface area contributed by atoms with Crippen LogP contribution in [0.2, 0.25) is 0 Å². The largest absolute Gasteiger partial charge is 0.384 e. The zero-order valence-electron chi connectivity index (χ0n) is 11.7. The summed E-state index contributed by atoms with van der Waals surface area (Å²) in [6, 6.07) is 8.32. The first-order chi connectivity index (χ1) is 9.67. The number of carbonyl (C=O) groups excluding carboxylic acids is 1. The molecule has 4 heteroatoms. The summed E-state index contributed by atoms with van der Waals surface area (Å²) < 4.78 is 0. The fourth-order valence-electron chi connectivity index (χ4n) is 2.53. The summed E-state index contributed by atoms with van der Waals surface area (Å²) in [6.45, 7) is 4.20. The Morgan fingerprint density at radius 2 is 2.40 bits per heavy atom. The van der Waals surface area contributed by atoms with Gasteiger partial charge in [-0.1, -0.05) is 24.0 Å². The zero-order valence-corrected chi connectivity index (χ0v) is 11.7. The van der Waals surface area contributed by atoms with Gasteiger partial charge < -0.3 is 10.4 Å². The van der Waals surface area contributed by atoms with Gasteiger partial charge in [0.15, 0.2) is 0 Å². The molecule has 1 aromatic rings. The van der Waals surface area contributed by atoms with Gasteiger partial charge in [-0.25, -0.2) is 0 Å². The average Bonchev–Trinajstić information content (AvgIpc) is 2.83. The second-order valence-electron chi connectivity index (χ2n) is 5.08. The number of nitrogens with one attached hydrogen (secondary N) is 1. The van der Waals surface area contributed by atoms with Crippen molar-refractivity contribution in [3.63, 3.8) is 0 Å². The molecule has 1 fully saturated rings. The van der Waals surface area contributed by atoms with E-state index in [0.717, 1.165) is 31.6 Å². The summed E-state index contributed by atoms with van der Waals surface area (Å²) in [5, 5.41) is 11.7. The molecule has 106 valence electrons. The summed E-state index contributed by atoms with van der Waals surface area (Å²) in [7, 11) is 0. The lowest BCUT2D eigenvalue weighted by Gasteiger charge is -2.16. The molecule has 0 spiro atoms. The molecular weight excluding hydrogens is 252 g/mol. The number of hydrogen-bond donors (Lipinski definition) is 2. The standard InChI is InChI=1S/C16H20N2O2/c1-13(20)17-16-7-8-18(12-16)11-15-5-2-4-14(10-15)6-3-9-19/h2,4-5,10,16,19H,7-9,11-12H2,1H3,(H,17,20). The fourth-order valence-corrected chi connectivity index (χ4v) is 2.53. The molecule has 1 aliphatic rings. The Kier molecular flexibility index (Phi) is 5.16. The first-order valence-corrected chi connectivity index (χ1v) is 6.85. The SMILES string of the molecule is CC(=O)NC1CCN(Cc2cccc(C#CCO)c2)C1. The predicted molar refractivity (Wildman–Crippen MR) is 77.9 cm³/mol. The maximum Gasteiger partial charge on any atom is 0.217 e. The third kappa shape index (κ3) is 4.37. The zero-order chi connectivity index (χ0) is 14.4. The highest BCUT2D eigenvalue weighted by atomic mass is 16.2. The Bertz CT molecular complexity index is 531. The van der Waals surface area contributed by atoms with Crippen molar-refractivity contribution >= 4 is 5.91 Å². The van der Waals surface area contributed by atoms with Crippen molar-refractivity contribution in [2.45, 2.75) is 25.9 Å². The van der Waals surface area contributed by atoms with Gasteiger partial charge in [-0.2, -0.15) is 0 Å². The third-order valence-corrected chi connectivity index (χ3v) is 3.32. The Morgan fingerprint density at radius 1 is 1.55 bits per heavy atom. The van der Waals surface area contributed by atoms with Gasteiger partial charge in [0, 0.05) is 38.2 Å². The number of amides is 1. The van der Waals surface area contributed by atoms with Crippen molar-refractivity contribution in [3.05, 3.63) is 35.4 Å². The van der Waals surface area contributed by atoms with Crippen LogP contribution in [0.5, 0.6) is 0 Å². The van der Waals surface area contributed by atoms with E-state index in [4.69, 9.17) is 5.11 Å². The van der Waals surface area contributed by atoms with Crippen LogP contribution in [0, 0.1) is 11.8 Å². The monoisotopic (exact) mass is 272 g/mol. The highest BCUT2D eigenvalue weighted by Gasteiger charge is 2.22. The van der Waals surface area contributed by atoms with E-state index in [1.165, 1.54) is 5.56 Å². The lowest BCUT2D eigenvalue weighted by Crippen LogP contribution is -2.35. The maximum absolute atomic E-state index is 11.0. The molecule has 0 radical (unpaired) electrons. The number of aliphatic hydroxyl groups is 1. The van der Waals surface area contributed by atoms with Crippen LogP contribution < -0.4 is 5.32 Å². The Hall–Kier alpha value is -1.83. The number of nitrogens with zero attached hydrogens (tertiary/aromatic N) is 1. The second-order valence-corrected chi connectivity index (χ2v) is 5.08. The van der Waals surface area contributed by atoms with Gasteiger partial charge in [-0.05, 0) is 24.1 Å². The van der Waals surface area contributed by atoms with Crippen molar-refractivity contribution in [3.8, 4) is 11.8 Å². The average molecular weight is 272 g/mol. The Morgan fingerprint density at radius 3 is 3.15 bits per heavy atom. The van der Waals surface area contributed by atoms with Gasteiger partial charge in [0.25, 0.3) is 0 Å². The van der Waals surface area contributed by atoms with Gasteiger partial charge in [0.05, 0.1) is 0 Å². The van der Waals surface area contributed by atoms with Crippen molar-refractivity contribution in [2.75, 3.05) is 19.7 Å². The van der Waals surface area contributed by atoms with Gasteiger partial charge in [0.1, 0.15) is 6.61 Å². The normalized spacial score (nSPS) is 18.4. The molecule has 0 saturated carbocycles. The molecule has 2 rings (SSSR count). The van der Waals surface area contributed by atoms with Gasteiger partial charge in [0.2, 0.25) is 5.91 Å². The smallest absolute Gasteiger partial charge is 0.217 e. The molecule has 4 nitrogen and oxygen atoms in total. The lowest BCUT2D eigenvalue weighted by atomic mass is 10.1. The molecule has 0 bridgehead atoms. The van der Waals surface area contributed by atoms with Gasteiger partial charge in [-0.3, -0.25) is 9.69 Å². The quantitative estimate of drug-likeness (QED) is 0.798. The van der Waals surface area contributed by atoms with E-state index >= 15 is 0 Å². The lowest BCUT2D eigenvalue weighted by molar-refractivity contribution is -0.119. The summed E-state index contributed by atoms with van der Waals surface area (Å²) >= 11 is 0. The van der Waals surface area contributed by atoms with Crippen LogP contribution in [-0.4, -0.2) is 41.7 Å². The van der Waals surface area contributed by atoms with E-state index in [-0.39, 0.29) is 18.6 Å². The number of aliphatic hydroxyl groups excluding tert-OH is 1. The van der Waals surface area contributed by atoms with E-state index in [1.807, 2.05) is 18.2 Å². The summed E-state index contributed by atoms with van der Waals surface area (Å²) in [5.41, 5.74) is 2.13. The molecule has 1 saturated heterocycles. The molecule has 1 aromatic carbocycles. The topological polar surface area (TPSA) is 52.6 Å². The van der Waals surface area contributed by atoms with Crippen LogP contribution in [0.25, 0.3) is 0 Å². The number of hydrogen-bond acceptors (Lipinski definition) is 3. The van der Waals surface area contributed by atoms with E-state index in [9.17, 15) is 4.79 Å². The maximum atomic E-state index is 11.0. The van der Waals surface area contributed by atoms with Crippen LogP contribution in [0.15, 0.2) is 24.3 Å². The van der Waals surface area contributed by atoms with Crippen LogP contribution >= 0.6 is 0 Å². The fraction of sp³-hybridized carbons (Fsp3) is 0.438. The molecular formula is C16H20N2O2. The van der Waals surface area contributed by atoms with Crippen LogP contribution in [-0.2, 0) is 11.3 Å². The number of rotatable bonds is 3. The van der Waals surface area contributed by atoms with E-state index in [2.05, 4.69) is 28.1 Å². The van der Waals surface area contributed by atoms with E-state index < -0.39 is 0 Å². The summed E-state index contributed by atoms with van der Waals surface area (Å²) in [6.07, 6.45) is 1.00. The number of carbonyl (C=O) groups is 1. The molecule has 1 unspecified atom stereocenters. The van der Waals surface area contributed by atoms with E-state index in [0.29, 0.717) is 0 Å². The Balaban J connectivity index is 1.92. The van der Waals surface area contributed by atoms with Crippen LogP contribution in [0.1, 0.15) is 24.5 Å². The minimum absolute atomic E-state index is 0.0399. The van der Waals surface area contributed by atoms with Crippen LogP contribution in [0.4, 0.5) is 0 Å². The van der Waals surface area contributed by atoms with Crippen molar-refractivity contribution in [1.29, 1.82) is 0 Å². The van der Waals surface area contributed by atoms with Gasteiger partial charge >= 0.3 is 0 Å². The minimum atomic E-state index is -0.116. The summed E-state index contributed by atoms with van der Waals surface area (Å²) in [4.78, 5) is 13.4. The highest BCUT2D eigenvalue weighted by Crippen LogP contribution is 2.14. The number of benzene rings is 1. The van der Waals surface area contributed by atoms with E-state index in [1.54, 1.807) is 6.92 Å². The van der Waals surface area contributed by atoms with Crippen LogP contribution in [0.3, 0.4) is 0 Å². The molecule has 1 atom stereocenters. The van der Waals surface area contributed by atoms with Gasteiger partial charge in [-0.15, -0.1) is 0 Å². The first kappa shape index (κ1) is 14.6. The molecule has 2 N–H and O–H groups in total. The predicted octanol–water partition coefficient (Wildman–Crippen LogP) is 0.741. The second kappa shape index (κ2) is 7.09. The Labute approximate surface area is 119 Å². The molecule has 1 amide bonds.